The molecule has 2 aromatic carbocycles. The number of hydrogen-bond acceptors (Lipinski definition) is 4. The standard InChI is InChI=1S/C23H14N4S/c1-3-9-20-16(6-1)17-7-2-4-10-21(17)27(20)15-11-12-18(25-14-15)23-26-19-8-5-13-24-22(19)28-23/h1-14H. The number of fused-ring (bicyclic) bond motifs is 4. The summed E-state index contributed by atoms with van der Waals surface area (Å²) in [4.78, 5) is 14.7. The Hall–Kier alpha value is -3.57. The molecule has 4 heterocycles. The first-order valence-corrected chi connectivity index (χ1v) is 9.87. The molecule has 132 valence electrons. The van der Waals surface area contributed by atoms with Gasteiger partial charge >= 0.3 is 0 Å². The van der Waals surface area contributed by atoms with Crippen LogP contribution in [0.25, 0.3) is 48.5 Å². The van der Waals surface area contributed by atoms with Gasteiger partial charge in [0.2, 0.25) is 0 Å². The fraction of sp³-hybridized carbons (Fsp3) is 0. The fourth-order valence-electron chi connectivity index (χ4n) is 3.72. The van der Waals surface area contributed by atoms with Crippen molar-refractivity contribution in [3.05, 3.63) is 85.2 Å². The van der Waals surface area contributed by atoms with Crippen molar-refractivity contribution in [1.82, 2.24) is 19.5 Å². The summed E-state index contributed by atoms with van der Waals surface area (Å²) < 4.78 is 2.27. The zero-order valence-corrected chi connectivity index (χ0v) is 15.6. The maximum absolute atomic E-state index is 4.71. The minimum absolute atomic E-state index is 0.868. The van der Waals surface area contributed by atoms with Crippen LogP contribution in [0.1, 0.15) is 0 Å². The van der Waals surface area contributed by atoms with Gasteiger partial charge in [0.1, 0.15) is 15.4 Å². The maximum atomic E-state index is 4.71. The zero-order chi connectivity index (χ0) is 18.5. The molecule has 0 fully saturated rings. The van der Waals surface area contributed by atoms with E-state index in [1.54, 1.807) is 17.5 Å². The van der Waals surface area contributed by atoms with Crippen LogP contribution in [0.4, 0.5) is 0 Å². The molecule has 0 radical (unpaired) electrons. The van der Waals surface area contributed by atoms with Crippen molar-refractivity contribution in [2.24, 2.45) is 0 Å². The van der Waals surface area contributed by atoms with Crippen molar-refractivity contribution in [2.75, 3.05) is 0 Å². The summed E-state index contributed by atoms with van der Waals surface area (Å²) in [5.41, 5.74) is 5.19. The molecule has 4 aromatic heterocycles. The first-order valence-electron chi connectivity index (χ1n) is 9.05. The molecule has 0 amide bonds. The van der Waals surface area contributed by atoms with E-state index in [1.165, 1.54) is 21.8 Å². The molecule has 5 heteroatoms. The van der Waals surface area contributed by atoms with E-state index in [4.69, 9.17) is 4.98 Å². The van der Waals surface area contributed by atoms with Gasteiger partial charge in [-0.3, -0.25) is 4.98 Å². The van der Waals surface area contributed by atoms with Crippen LogP contribution in [0, 0.1) is 0 Å². The number of benzene rings is 2. The molecule has 0 aliphatic carbocycles. The van der Waals surface area contributed by atoms with Crippen LogP contribution in [0.3, 0.4) is 0 Å². The summed E-state index contributed by atoms with van der Waals surface area (Å²) in [7, 11) is 0. The van der Waals surface area contributed by atoms with E-state index in [0.29, 0.717) is 0 Å². The predicted octanol–water partition coefficient (Wildman–Crippen LogP) is 5.85. The molecule has 0 unspecified atom stereocenters. The van der Waals surface area contributed by atoms with Crippen LogP contribution in [-0.4, -0.2) is 19.5 Å². The molecular formula is C23H14N4S. The van der Waals surface area contributed by atoms with Gasteiger partial charge in [0.25, 0.3) is 0 Å². The predicted molar refractivity (Wildman–Crippen MR) is 115 cm³/mol. The number of para-hydroxylation sites is 2. The highest BCUT2D eigenvalue weighted by Crippen LogP contribution is 2.32. The van der Waals surface area contributed by atoms with Gasteiger partial charge in [0, 0.05) is 17.0 Å². The van der Waals surface area contributed by atoms with Gasteiger partial charge in [-0.15, -0.1) is 0 Å². The Kier molecular flexibility index (Phi) is 3.30. The third-order valence-electron chi connectivity index (χ3n) is 4.97. The summed E-state index contributed by atoms with van der Waals surface area (Å²) >= 11 is 1.57. The van der Waals surface area contributed by atoms with Crippen molar-refractivity contribution in [3.63, 3.8) is 0 Å². The number of rotatable bonds is 2. The van der Waals surface area contributed by atoms with Crippen LogP contribution in [-0.2, 0) is 0 Å². The highest BCUT2D eigenvalue weighted by molar-refractivity contribution is 7.21. The minimum Gasteiger partial charge on any atom is -0.308 e. The molecule has 0 saturated carbocycles. The molecule has 4 nitrogen and oxygen atoms in total. The summed E-state index contributed by atoms with van der Waals surface area (Å²) in [5, 5.41) is 3.39. The Balaban J connectivity index is 1.52. The van der Waals surface area contributed by atoms with Crippen LogP contribution in [0.2, 0.25) is 0 Å². The number of thiazole rings is 1. The Bertz CT molecular complexity index is 1370. The number of aromatic nitrogens is 4. The molecule has 0 aliphatic heterocycles. The lowest BCUT2D eigenvalue weighted by atomic mass is 10.2. The van der Waals surface area contributed by atoms with Crippen molar-refractivity contribution in [1.29, 1.82) is 0 Å². The van der Waals surface area contributed by atoms with Gasteiger partial charge in [-0.2, -0.15) is 0 Å². The van der Waals surface area contributed by atoms with Crippen molar-refractivity contribution >= 4 is 43.5 Å². The van der Waals surface area contributed by atoms with Gasteiger partial charge < -0.3 is 4.57 Å². The molecule has 6 aromatic rings. The van der Waals surface area contributed by atoms with Crippen LogP contribution >= 0.6 is 11.3 Å². The van der Waals surface area contributed by atoms with E-state index in [0.717, 1.165) is 26.7 Å². The Morgan fingerprint density at radius 2 is 1.46 bits per heavy atom. The van der Waals surface area contributed by atoms with Crippen molar-refractivity contribution in [2.45, 2.75) is 0 Å². The summed E-state index contributed by atoms with van der Waals surface area (Å²) in [6, 6.07) is 25.0. The monoisotopic (exact) mass is 378 g/mol. The molecule has 6 rings (SSSR count). The van der Waals surface area contributed by atoms with Gasteiger partial charge in [0.15, 0.2) is 0 Å². The first-order chi connectivity index (χ1) is 13.9. The van der Waals surface area contributed by atoms with Crippen LogP contribution < -0.4 is 0 Å². The summed E-state index contributed by atoms with van der Waals surface area (Å²) in [5.74, 6) is 0. The molecule has 0 atom stereocenters. The zero-order valence-electron chi connectivity index (χ0n) is 14.8. The molecule has 0 spiro atoms. The number of hydrogen-bond donors (Lipinski definition) is 0. The molecule has 0 bridgehead atoms. The molecule has 28 heavy (non-hydrogen) atoms. The second-order valence-electron chi connectivity index (χ2n) is 6.62. The third kappa shape index (κ3) is 2.27. The number of nitrogens with zero attached hydrogens (tertiary/aromatic N) is 4. The third-order valence-corrected chi connectivity index (χ3v) is 5.97. The Morgan fingerprint density at radius 1 is 0.714 bits per heavy atom. The largest absolute Gasteiger partial charge is 0.308 e. The second-order valence-corrected chi connectivity index (χ2v) is 7.60. The highest BCUT2D eigenvalue weighted by Gasteiger charge is 2.13. The summed E-state index contributed by atoms with van der Waals surface area (Å²) in [6.45, 7) is 0. The van der Waals surface area contributed by atoms with Crippen molar-refractivity contribution < 1.29 is 0 Å². The number of pyridine rings is 2. The molecule has 0 aliphatic rings. The van der Waals surface area contributed by atoms with E-state index in [2.05, 4.69) is 69.1 Å². The van der Waals surface area contributed by atoms with Gasteiger partial charge in [-0.1, -0.05) is 47.7 Å². The first kappa shape index (κ1) is 15.5. The van der Waals surface area contributed by atoms with E-state index in [9.17, 15) is 0 Å². The second kappa shape index (κ2) is 5.97. The lowest BCUT2D eigenvalue weighted by Crippen LogP contribution is -1.95. The Labute approximate surface area is 164 Å². The lowest BCUT2D eigenvalue weighted by Gasteiger charge is -2.07. The van der Waals surface area contributed by atoms with E-state index in [-0.39, 0.29) is 0 Å². The molecule has 0 N–H and O–H groups in total. The quantitative estimate of drug-likeness (QED) is 0.379. The SMILES string of the molecule is c1cnc2sc(-c3ccc(-n4c5ccccc5c5ccccc54)cn3)nc2c1. The minimum atomic E-state index is 0.868. The van der Waals surface area contributed by atoms with E-state index in [1.807, 2.05) is 24.4 Å². The van der Waals surface area contributed by atoms with E-state index >= 15 is 0 Å². The van der Waals surface area contributed by atoms with Crippen LogP contribution in [0.5, 0.6) is 0 Å². The molecular weight excluding hydrogens is 364 g/mol. The maximum Gasteiger partial charge on any atom is 0.144 e. The van der Waals surface area contributed by atoms with E-state index < -0.39 is 0 Å². The summed E-state index contributed by atoms with van der Waals surface area (Å²) in [6.07, 6.45) is 3.72. The van der Waals surface area contributed by atoms with Gasteiger partial charge in [-0.05, 0) is 36.4 Å². The fourth-order valence-corrected chi connectivity index (χ4v) is 4.61. The van der Waals surface area contributed by atoms with Crippen LogP contribution in [0.15, 0.2) is 85.2 Å². The normalized spacial score (nSPS) is 11.6. The highest BCUT2D eigenvalue weighted by atomic mass is 32.1. The molecule has 0 saturated heterocycles. The van der Waals surface area contributed by atoms with Gasteiger partial charge in [0.05, 0.1) is 28.6 Å². The smallest absolute Gasteiger partial charge is 0.144 e. The van der Waals surface area contributed by atoms with Gasteiger partial charge in [-0.25, -0.2) is 9.97 Å². The van der Waals surface area contributed by atoms with Crippen molar-refractivity contribution in [3.8, 4) is 16.4 Å². The lowest BCUT2D eigenvalue weighted by molar-refractivity contribution is 1.14. The average Bonchev–Trinajstić information content (AvgIpc) is 3.33. The average molecular weight is 378 g/mol. The topological polar surface area (TPSA) is 43.6 Å². The Morgan fingerprint density at radius 3 is 2.14 bits per heavy atom.